The maximum absolute atomic E-state index is 15.0. The molecule has 0 bridgehead atoms. The molecule has 2 amide bonds. The van der Waals surface area contributed by atoms with Crippen LogP contribution in [0.4, 0.5) is 24.5 Å². The summed E-state index contributed by atoms with van der Waals surface area (Å²) in [5, 5.41) is 13.2. The van der Waals surface area contributed by atoms with Crippen LogP contribution in [0.25, 0.3) is 0 Å². The van der Waals surface area contributed by atoms with Crippen molar-refractivity contribution < 1.29 is 32.7 Å². The first-order valence-corrected chi connectivity index (χ1v) is 13.6. The van der Waals surface area contributed by atoms with Gasteiger partial charge in [-0.05, 0) is 35.7 Å². The number of carbonyl (C=O) groups is 3. The van der Waals surface area contributed by atoms with Crippen molar-refractivity contribution in [1.82, 2.24) is 4.90 Å². The lowest BCUT2D eigenvalue weighted by molar-refractivity contribution is -0.153. The number of rotatable bonds is 4. The molecule has 5 rings (SSSR count). The van der Waals surface area contributed by atoms with Gasteiger partial charge in [0, 0.05) is 40.3 Å². The molecular weight excluding hydrogens is 594 g/mol. The highest BCUT2D eigenvalue weighted by molar-refractivity contribution is 6.35. The second-order valence-corrected chi connectivity index (χ2v) is 13.0. The molecule has 2 aromatic rings. The zero-order chi connectivity index (χ0) is 29.5. The highest BCUT2D eigenvalue weighted by Crippen LogP contribution is 2.61. The molecule has 3 heterocycles. The second-order valence-electron chi connectivity index (χ2n) is 11.7. The third kappa shape index (κ3) is 4.53. The molecule has 2 saturated heterocycles. The first-order valence-electron chi connectivity index (χ1n) is 12.4. The number of halogens is 6. The molecular formula is C27H25Cl3F3N3O4. The molecule has 2 N–H and O–H groups in total. The van der Waals surface area contributed by atoms with Crippen molar-refractivity contribution in [1.29, 1.82) is 0 Å². The van der Waals surface area contributed by atoms with Gasteiger partial charge in [-0.15, -0.1) is 0 Å². The quantitative estimate of drug-likeness (QED) is 0.435. The van der Waals surface area contributed by atoms with Gasteiger partial charge in [0.25, 0.3) is 11.8 Å². The van der Waals surface area contributed by atoms with Crippen molar-refractivity contribution >= 4 is 64.0 Å². The standard InChI is InChI=1S/C27H25Cl3F3N3O4/c1-25(2,3)10-35(15-5-12(28)4-13(29)6-15)22(37)19-18-9-26(32,33)11-36(18)27(20(19)23(38)39)16-7-14(31)8-17(30)21(16)34-24(27)40/h4-8,18-20H,9-11H2,1-3H3,(H,34,40)(H,38,39)/t18?,19-,20+,27-/m1/s1. The number of benzene rings is 2. The van der Waals surface area contributed by atoms with Crippen LogP contribution >= 0.6 is 34.8 Å². The number of amides is 2. The molecule has 7 nitrogen and oxygen atoms in total. The predicted octanol–water partition coefficient (Wildman–Crippen LogP) is 6.05. The number of carbonyl (C=O) groups excluding carboxylic acids is 2. The summed E-state index contributed by atoms with van der Waals surface area (Å²) in [6.07, 6.45) is -0.875. The Bertz CT molecular complexity index is 1430. The SMILES string of the molecule is CC(C)(C)CN(C(=O)[C@@H]1C2CC(F)(F)CN2[C@@]2(C(=O)Nc3c(Cl)cc(F)cc32)[C@@H]1C(=O)O)c1cc(Cl)cc(Cl)c1. The molecule has 13 heteroatoms. The highest BCUT2D eigenvalue weighted by atomic mass is 35.5. The third-order valence-corrected chi connectivity index (χ3v) is 8.38. The second kappa shape index (κ2) is 9.51. The minimum atomic E-state index is -3.35. The lowest BCUT2D eigenvalue weighted by Gasteiger charge is -2.36. The molecule has 2 aromatic carbocycles. The van der Waals surface area contributed by atoms with Crippen molar-refractivity contribution in [2.45, 2.75) is 44.7 Å². The van der Waals surface area contributed by atoms with Gasteiger partial charge in [-0.25, -0.2) is 13.2 Å². The zero-order valence-corrected chi connectivity index (χ0v) is 23.8. The van der Waals surface area contributed by atoms with Gasteiger partial charge in [0.1, 0.15) is 17.3 Å². The number of carboxylic acid groups (broad SMARTS) is 1. The van der Waals surface area contributed by atoms with Crippen LogP contribution in [0.2, 0.25) is 15.1 Å². The van der Waals surface area contributed by atoms with E-state index in [1.807, 2.05) is 20.8 Å². The van der Waals surface area contributed by atoms with Crippen molar-refractivity contribution in [3.05, 3.63) is 56.8 Å². The minimum Gasteiger partial charge on any atom is -0.481 e. The molecule has 4 atom stereocenters. The smallest absolute Gasteiger partial charge is 0.310 e. The predicted molar refractivity (Wildman–Crippen MR) is 145 cm³/mol. The summed E-state index contributed by atoms with van der Waals surface area (Å²) in [7, 11) is 0. The number of anilines is 2. The number of nitrogens with zero attached hydrogens (tertiary/aromatic N) is 2. The van der Waals surface area contributed by atoms with E-state index in [1.54, 1.807) is 0 Å². The van der Waals surface area contributed by atoms with Gasteiger partial charge in [0.15, 0.2) is 0 Å². The fourth-order valence-corrected chi connectivity index (χ4v) is 7.19. The van der Waals surface area contributed by atoms with Crippen LogP contribution in [0.3, 0.4) is 0 Å². The topological polar surface area (TPSA) is 90.0 Å². The van der Waals surface area contributed by atoms with E-state index >= 15 is 8.78 Å². The average molecular weight is 619 g/mol. The van der Waals surface area contributed by atoms with Gasteiger partial charge in [-0.1, -0.05) is 55.6 Å². The van der Waals surface area contributed by atoms with E-state index in [2.05, 4.69) is 5.32 Å². The fraction of sp³-hybridized carbons (Fsp3) is 0.444. The summed E-state index contributed by atoms with van der Waals surface area (Å²) in [5.41, 5.74) is -2.87. The Hall–Kier alpha value is -2.53. The molecule has 1 unspecified atom stereocenters. The number of carboxylic acids is 1. The summed E-state index contributed by atoms with van der Waals surface area (Å²) in [5.74, 6) is -11.0. The molecule has 0 aromatic heterocycles. The van der Waals surface area contributed by atoms with E-state index in [4.69, 9.17) is 34.8 Å². The van der Waals surface area contributed by atoms with E-state index in [9.17, 15) is 23.9 Å². The van der Waals surface area contributed by atoms with Gasteiger partial charge in [0.2, 0.25) is 5.91 Å². The number of alkyl halides is 2. The van der Waals surface area contributed by atoms with Gasteiger partial charge < -0.3 is 15.3 Å². The van der Waals surface area contributed by atoms with Crippen molar-refractivity contribution in [3.8, 4) is 0 Å². The summed E-state index contributed by atoms with van der Waals surface area (Å²) in [6.45, 7) is 4.56. The van der Waals surface area contributed by atoms with Crippen molar-refractivity contribution in [3.63, 3.8) is 0 Å². The highest BCUT2D eigenvalue weighted by Gasteiger charge is 2.74. The maximum atomic E-state index is 15.0. The summed E-state index contributed by atoms with van der Waals surface area (Å²) >= 11 is 18.6. The Morgan fingerprint density at radius 2 is 1.75 bits per heavy atom. The lowest BCUT2D eigenvalue weighted by atomic mass is 9.73. The summed E-state index contributed by atoms with van der Waals surface area (Å²) < 4.78 is 44.7. The van der Waals surface area contributed by atoms with E-state index in [1.165, 1.54) is 23.1 Å². The number of hydrogen-bond acceptors (Lipinski definition) is 4. The number of fused-ring (bicyclic) bond motifs is 4. The van der Waals surface area contributed by atoms with Gasteiger partial charge in [0.05, 0.1) is 23.2 Å². The molecule has 1 spiro atoms. The normalized spacial score (nSPS) is 27.0. The molecule has 2 fully saturated rings. The molecule has 0 saturated carbocycles. The van der Waals surface area contributed by atoms with Crippen molar-refractivity contribution in [2.24, 2.45) is 17.3 Å². The zero-order valence-electron chi connectivity index (χ0n) is 21.6. The Balaban J connectivity index is 1.74. The summed E-state index contributed by atoms with van der Waals surface area (Å²) in [6, 6.07) is 4.86. The molecule has 40 heavy (non-hydrogen) atoms. The van der Waals surface area contributed by atoms with E-state index in [-0.39, 0.29) is 38.6 Å². The molecule has 0 radical (unpaired) electrons. The number of nitrogens with one attached hydrogen (secondary N) is 1. The monoisotopic (exact) mass is 617 g/mol. The average Bonchev–Trinajstić information content (AvgIpc) is 3.37. The maximum Gasteiger partial charge on any atom is 0.310 e. The minimum absolute atomic E-state index is 0.0463. The van der Waals surface area contributed by atoms with Gasteiger partial charge in [-0.3, -0.25) is 19.3 Å². The van der Waals surface area contributed by atoms with Gasteiger partial charge >= 0.3 is 5.97 Å². The molecule has 214 valence electrons. The third-order valence-electron chi connectivity index (χ3n) is 7.65. The van der Waals surface area contributed by atoms with Crippen molar-refractivity contribution in [2.75, 3.05) is 23.3 Å². The van der Waals surface area contributed by atoms with Crippen LogP contribution in [0.5, 0.6) is 0 Å². The van der Waals surface area contributed by atoms with Gasteiger partial charge in [-0.2, -0.15) is 0 Å². The van der Waals surface area contributed by atoms with E-state index < -0.39 is 71.3 Å². The first kappa shape index (κ1) is 29.0. The Kier molecular flexibility index (Phi) is 6.89. The van der Waals surface area contributed by atoms with Crippen LogP contribution in [0.1, 0.15) is 32.8 Å². The molecule has 3 aliphatic rings. The van der Waals surface area contributed by atoms with Crippen LogP contribution in [0.15, 0.2) is 30.3 Å². The molecule has 3 aliphatic heterocycles. The van der Waals surface area contributed by atoms with Crippen LogP contribution in [0, 0.1) is 23.1 Å². The number of aliphatic carboxylic acids is 1. The molecule has 0 aliphatic carbocycles. The fourth-order valence-electron chi connectivity index (χ4n) is 6.43. The Labute approximate surface area is 243 Å². The number of hydrogen-bond donors (Lipinski definition) is 2. The lowest BCUT2D eigenvalue weighted by Crippen LogP contribution is -2.54. The van der Waals surface area contributed by atoms with Crippen LogP contribution < -0.4 is 10.2 Å². The largest absolute Gasteiger partial charge is 0.481 e. The van der Waals surface area contributed by atoms with Crippen LogP contribution in [-0.4, -0.2) is 52.8 Å². The first-order chi connectivity index (χ1) is 18.5. The van der Waals surface area contributed by atoms with E-state index in [0.29, 0.717) is 0 Å². The Morgan fingerprint density at radius 3 is 2.33 bits per heavy atom. The Morgan fingerprint density at radius 1 is 1.12 bits per heavy atom. The summed E-state index contributed by atoms with van der Waals surface area (Å²) in [4.78, 5) is 43.5. The van der Waals surface area contributed by atoms with Crippen LogP contribution in [-0.2, 0) is 19.9 Å². The van der Waals surface area contributed by atoms with E-state index in [0.717, 1.165) is 17.0 Å².